The van der Waals surface area contributed by atoms with Gasteiger partial charge in [0.1, 0.15) is 0 Å². The van der Waals surface area contributed by atoms with Gasteiger partial charge in [-0.1, -0.05) is 19.9 Å². The largest absolute Gasteiger partial charge is 0.308 e. The van der Waals surface area contributed by atoms with Gasteiger partial charge in [0.05, 0.1) is 5.69 Å². The van der Waals surface area contributed by atoms with E-state index in [1.807, 2.05) is 17.5 Å². The highest BCUT2D eigenvalue weighted by molar-refractivity contribution is 7.10. The van der Waals surface area contributed by atoms with Crippen LogP contribution in [0.5, 0.6) is 0 Å². The molecule has 2 heterocycles. The first-order valence-electron chi connectivity index (χ1n) is 6.13. The second kappa shape index (κ2) is 5.59. The zero-order valence-corrected chi connectivity index (χ0v) is 11.9. The summed E-state index contributed by atoms with van der Waals surface area (Å²) >= 11 is 1.81. The fourth-order valence-electron chi connectivity index (χ4n) is 1.80. The molecule has 0 aromatic carbocycles. The minimum atomic E-state index is 0.143. The number of hydrogen-bond donors (Lipinski definition) is 1. The summed E-state index contributed by atoms with van der Waals surface area (Å²) in [6, 6.07) is 4.52. The third-order valence-corrected chi connectivity index (χ3v) is 4.30. The lowest BCUT2D eigenvalue weighted by atomic mass is 9.91. The van der Waals surface area contributed by atoms with Gasteiger partial charge in [-0.2, -0.15) is 0 Å². The van der Waals surface area contributed by atoms with Crippen LogP contribution in [0.4, 0.5) is 0 Å². The topological polar surface area (TPSA) is 37.8 Å². The number of hydrogen-bond acceptors (Lipinski definition) is 4. The molecule has 0 aliphatic rings. The Bertz CT molecular complexity index is 465. The maximum atomic E-state index is 4.32. The van der Waals surface area contributed by atoms with Gasteiger partial charge in [0, 0.05) is 41.5 Å². The smallest absolute Gasteiger partial charge is 0.0753 e. The summed E-state index contributed by atoms with van der Waals surface area (Å²) in [5, 5.41) is 5.66. The van der Waals surface area contributed by atoms with Crippen molar-refractivity contribution in [2.45, 2.75) is 32.2 Å². The van der Waals surface area contributed by atoms with E-state index in [0.29, 0.717) is 0 Å². The monoisotopic (exact) mass is 261 g/mol. The normalized spacial score (nSPS) is 13.5. The first kappa shape index (κ1) is 13.2. The average Bonchev–Trinajstić information content (AvgIpc) is 2.92. The fourth-order valence-corrected chi connectivity index (χ4v) is 2.65. The molecule has 0 aliphatic carbocycles. The molecule has 0 aliphatic heterocycles. The lowest BCUT2D eigenvalue weighted by Crippen LogP contribution is -2.34. The third-order valence-electron chi connectivity index (χ3n) is 3.07. The van der Waals surface area contributed by atoms with Crippen LogP contribution in [0.1, 0.15) is 37.4 Å². The van der Waals surface area contributed by atoms with Crippen molar-refractivity contribution in [3.8, 4) is 0 Å². The van der Waals surface area contributed by atoms with Crippen molar-refractivity contribution in [2.24, 2.45) is 0 Å². The molecular weight excluding hydrogens is 242 g/mol. The second-order valence-electron chi connectivity index (χ2n) is 5.09. The van der Waals surface area contributed by atoms with Gasteiger partial charge in [-0.15, -0.1) is 11.3 Å². The van der Waals surface area contributed by atoms with Crippen molar-refractivity contribution in [1.29, 1.82) is 0 Å². The van der Waals surface area contributed by atoms with Crippen molar-refractivity contribution in [3.63, 3.8) is 0 Å². The van der Waals surface area contributed by atoms with Crippen LogP contribution in [0.2, 0.25) is 0 Å². The molecule has 2 aromatic heterocycles. The van der Waals surface area contributed by atoms with Crippen LogP contribution in [0.25, 0.3) is 0 Å². The first-order chi connectivity index (χ1) is 8.59. The van der Waals surface area contributed by atoms with Crippen LogP contribution in [0, 0.1) is 0 Å². The second-order valence-corrected chi connectivity index (χ2v) is 6.04. The molecule has 2 aromatic rings. The predicted octanol–water partition coefficient (Wildman–Crippen LogP) is 3.17. The molecule has 0 bridgehead atoms. The van der Waals surface area contributed by atoms with Crippen LogP contribution in [-0.4, -0.2) is 16.5 Å². The average molecular weight is 261 g/mol. The van der Waals surface area contributed by atoms with Crippen molar-refractivity contribution in [1.82, 2.24) is 15.3 Å². The molecule has 96 valence electrons. The van der Waals surface area contributed by atoms with Crippen LogP contribution >= 0.6 is 11.3 Å². The molecule has 0 fully saturated rings. The zero-order chi connectivity index (χ0) is 13.0. The van der Waals surface area contributed by atoms with E-state index in [0.717, 1.165) is 12.2 Å². The summed E-state index contributed by atoms with van der Waals surface area (Å²) in [4.78, 5) is 9.82. The highest BCUT2D eigenvalue weighted by atomic mass is 32.1. The van der Waals surface area contributed by atoms with Crippen LogP contribution in [-0.2, 0) is 5.41 Å². The van der Waals surface area contributed by atoms with Crippen molar-refractivity contribution >= 4 is 11.3 Å². The molecule has 3 nitrogen and oxygen atoms in total. The molecule has 0 saturated heterocycles. The van der Waals surface area contributed by atoms with Crippen LogP contribution in [0.3, 0.4) is 0 Å². The Morgan fingerprint density at radius 3 is 2.83 bits per heavy atom. The minimum absolute atomic E-state index is 0.143. The van der Waals surface area contributed by atoms with Gasteiger partial charge in [-0.25, -0.2) is 0 Å². The summed E-state index contributed by atoms with van der Waals surface area (Å²) in [6.07, 6.45) is 5.25. The van der Waals surface area contributed by atoms with Gasteiger partial charge < -0.3 is 5.32 Å². The molecule has 0 spiro atoms. The van der Waals surface area contributed by atoms with Crippen LogP contribution < -0.4 is 5.32 Å². The first-order valence-corrected chi connectivity index (χ1v) is 7.01. The lowest BCUT2D eigenvalue weighted by molar-refractivity contribution is 0.437. The molecular formula is C14H19N3S. The molecule has 0 amide bonds. The molecule has 18 heavy (non-hydrogen) atoms. The summed E-state index contributed by atoms with van der Waals surface area (Å²) in [6.45, 7) is 7.56. The Hall–Kier alpha value is -1.26. The maximum absolute atomic E-state index is 4.32. The van der Waals surface area contributed by atoms with Crippen molar-refractivity contribution in [2.75, 3.05) is 6.54 Å². The summed E-state index contributed by atoms with van der Waals surface area (Å²) in [7, 11) is 0. The van der Waals surface area contributed by atoms with E-state index in [2.05, 4.69) is 53.6 Å². The van der Waals surface area contributed by atoms with Crippen LogP contribution in [0.15, 0.2) is 36.1 Å². The maximum Gasteiger partial charge on any atom is 0.0753 e. The minimum Gasteiger partial charge on any atom is -0.308 e. The van der Waals surface area contributed by atoms with Gasteiger partial charge in [0.25, 0.3) is 0 Å². The van der Waals surface area contributed by atoms with Gasteiger partial charge in [0.2, 0.25) is 0 Å². The molecule has 0 radical (unpaired) electrons. The number of nitrogens with one attached hydrogen (secondary N) is 1. The quantitative estimate of drug-likeness (QED) is 0.898. The van der Waals surface area contributed by atoms with E-state index in [4.69, 9.17) is 0 Å². The third kappa shape index (κ3) is 3.15. The highest BCUT2D eigenvalue weighted by Crippen LogP contribution is 2.27. The molecule has 1 unspecified atom stereocenters. The van der Waals surface area contributed by atoms with Gasteiger partial charge >= 0.3 is 0 Å². The molecule has 1 atom stereocenters. The molecule has 1 N–H and O–H groups in total. The number of aromatic nitrogens is 2. The van der Waals surface area contributed by atoms with E-state index >= 15 is 0 Å². The standard InChI is InChI=1S/C14H19N3S/c1-11(12-9-15-6-7-16-12)17-10-14(2,3)13-5-4-8-18-13/h4-9,11,17H,10H2,1-3H3. The Balaban J connectivity index is 1.96. The summed E-state index contributed by atoms with van der Waals surface area (Å²) < 4.78 is 0. The van der Waals surface area contributed by atoms with Crippen molar-refractivity contribution < 1.29 is 0 Å². The SMILES string of the molecule is CC(NCC(C)(C)c1cccs1)c1cnccn1. The lowest BCUT2D eigenvalue weighted by Gasteiger charge is -2.26. The zero-order valence-electron chi connectivity index (χ0n) is 11.1. The molecule has 2 rings (SSSR count). The Morgan fingerprint density at radius 1 is 1.39 bits per heavy atom. The fraction of sp³-hybridized carbons (Fsp3) is 0.429. The summed E-state index contributed by atoms with van der Waals surface area (Å²) in [5.41, 5.74) is 1.13. The van der Waals surface area contributed by atoms with E-state index in [1.165, 1.54) is 4.88 Å². The Labute approximate surface area is 112 Å². The Kier molecular flexibility index (Phi) is 4.09. The van der Waals surface area contributed by atoms with Gasteiger partial charge in [-0.3, -0.25) is 9.97 Å². The van der Waals surface area contributed by atoms with Crippen molar-refractivity contribution in [3.05, 3.63) is 46.7 Å². The van der Waals surface area contributed by atoms with E-state index in [1.54, 1.807) is 12.4 Å². The highest BCUT2D eigenvalue weighted by Gasteiger charge is 2.22. The Morgan fingerprint density at radius 2 is 2.22 bits per heavy atom. The van der Waals surface area contributed by atoms with Gasteiger partial charge in [-0.05, 0) is 18.4 Å². The predicted molar refractivity (Wildman–Crippen MR) is 75.8 cm³/mol. The molecule has 0 saturated carbocycles. The van der Waals surface area contributed by atoms with E-state index < -0.39 is 0 Å². The molecule has 4 heteroatoms. The number of nitrogens with zero attached hydrogens (tertiary/aromatic N) is 2. The van der Waals surface area contributed by atoms with Gasteiger partial charge in [0.15, 0.2) is 0 Å². The number of thiophene rings is 1. The summed E-state index contributed by atoms with van der Waals surface area (Å²) in [5.74, 6) is 0. The number of rotatable bonds is 5. The van der Waals surface area contributed by atoms with E-state index in [9.17, 15) is 0 Å². The van der Waals surface area contributed by atoms with E-state index in [-0.39, 0.29) is 11.5 Å².